The van der Waals surface area contributed by atoms with Crippen molar-refractivity contribution >= 4 is 23.2 Å². The monoisotopic (exact) mass is 273 g/mol. The van der Waals surface area contributed by atoms with E-state index in [9.17, 15) is 0 Å². The van der Waals surface area contributed by atoms with Gasteiger partial charge in [0.15, 0.2) is 0 Å². The Morgan fingerprint density at radius 2 is 1.88 bits per heavy atom. The number of rotatable bonds is 6. The summed E-state index contributed by atoms with van der Waals surface area (Å²) < 4.78 is 0. The van der Waals surface area contributed by atoms with Crippen LogP contribution < -0.4 is 5.73 Å². The summed E-state index contributed by atoms with van der Waals surface area (Å²) >= 11 is 11.9. The minimum Gasteiger partial charge on any atom is -0.324 e. The first-order valence-electron chi connectivity index (χ1n) is 6.30. The van der Waals surface area contributed by atoms with Crippen LogP contribution in [0.5, 0.6) is 0 Å². The normalized spacial score (nSPS) is 14.6. The number of nitrogens with two attached hydrogens (primary N) is 1. The molecule has 0 spiro atoms. The third-order valence-corrected chi connectivity index (χ3v) is 4.03. The van der Waals surface area contributed by atoms with Gasteiger partial charge < -0.3 is 5.73 Å². The topological polar surface area (TPSA) is 26.0 Å². The van der Waals surface area contributed by atoms with Crippen molar-refractivity contribution in [3.63, 3.8) is 0 Å². The molecule has 2 atom stereocenters. The lowest BCUT2D eigenvalue weighted by atomic mass is 9.87. The second-order valence-electron chi connectivity index (χ2n) is 4.51. The van der Waals surface area contributed by atoms with Crippen LogP contribution in [0, 0.1) is 5.92 Å². The van der Waals surface area contributed by atoms with Crippen LogP contribution >= 0.6 is 23.2 Å². The van der Waals surface area contributed by atoms with E-state index in [4.69, 9.17) is 28.9 Å². The van der Waals surface area contributed by atoms with Crippen LogP contribution in [0.15, 0.2) is 18.2 Å². The Kier molecular flexibility index (Phi) is 6.32. The van der Waals surface area contributed by atoms with Crippen molar-refractivity contribution in [2.24, 2.45) is 11.7 Å². The largest absolute Gasteiger partial charge is 0.324 e. The number of hydrogen-bond donors (Lipinski definition) is 1. The molecule has 0 amide bonds. The van der Waals surface area contributed by atoms with Crippen molar-refractivity contribution in [1.82, 2.24) is 0 Å². The Balaban J connectivity index is 2.78. The number of halogens is 2. The molecular formula is C14H21Cl2N. The molecule has 0 aromatic heterocycles. The van der Waals surface area contributed by atoms with E-state index in [0.29, 0.717) is 16.0 Å². The van der Waals surface area contributed by atoms with E-state index in [1.165, 1.54) is 19.3 Å². The Labute approximate surface area is 114 Å². The second kappa shape index (κ2) is 7.25. The van der Waals surface area contributed by atoms with Crippen LogP contribution in [0.2, 0.25) is 10.0 Å². The third-order valence-electron chi connectivity index (χ3n) is 3.29. The highest BCUT2D eigenvalue weighted by Crippen LogP contribution is 2.31. The van der Waals surface area contributed by atoms with Gasteiger partial charge in [0.2, 0.25) is 0 Å². The van der Waals surface area contributed by atoms with E-state index < -0.39 is 0 Å². The smallest absolute Gasteiger partial charge is 0.0595 e. The summed E-state index contributed by atoms with van der Waals surface area (Å²) in [6, 6.07) is 5.75. The van der Waals surface area contributed by atoms with Gasteiger partial charge >= 0.3 is 0 Å². The molecule has 3 heteroatoms. The van der Waals surface area contributed by atoms with Crippen LogP contribution in [0.1, 0.15) is 51.1 Å². The van der Waals surface area contributed by atoms with Gasteiger partial charge in [0.25, 0.3) is 0 Å². The number of hydrogen-bond acceptors (Lipinski definition) is 1. The molecule has 0 saturated heterocycles. The van der Waals surface area contributed by atoms with Crippen molar-refractivity contribution in [2.45, 2.75) is 45.6 Å². The number of benzene rings is 1. The molecule has 17 heavy (non-hydrogen) atoms. The van der Waals surface area contributed by atoms with Crippen molar-refractivity contribution in [2.75, 3.05) is 0 Å². The lowest BCUT2D eigenvalue weighted by molar-refractivity contribution is 0.378. The highest BCUT2D eigenvalue weighted by Gasteiger charge is 2.17. The van der Waals surface area contributed by atoms with Gasteiger partial charge in [-0.1, -0.05) is 62.4 Å². The highest BCUT2D eigenvalue weighted by molar-refractivity contribution is 6.42. The lowest BCUT2D eigenvalue weighted by Gasteiger charge is -2.23. The second-order valence-corrected chi connectivity index (χ2v) is 5.32. The summed E-state index contributed by atoms with van der Waals surface area (Å²) in [5.41, 5.74) is 7.39. The van der Waals surface area contributed by atoms with Gasteiger partial charge in [0.1, 0.15) is 0 Å². The summed E-state index contributed by atoms with van der Waals surface area (Å²) in [6.07, 6.45) is 4.72. The first-order valence-corrected chi connectivity index (χ1v) is 7.06. The molecule has 0 aliphatic heterocycles. The zero-order valence-electron chi connectivity index (χ0n) is 10.5. The van der Waals surface area contributed by atoms with E-state index in [-0.39, 0.29) is 6.04 Å². The van der Waals surface area contributed by atoms with Crippen LogP contribution in [-0.2, 0) is 0 Å². The molecule has 0 aliphatic rings. The van der Waals surface area contributed by atoms with Gasteiger partial charge in [0.05, 0.1) is 10.0 Å². The standard InChI is InChI=1S/C14H21Cl2N/c1-3-5-6-10(4-2)14(17)11-7-8-12(15)13(16)9-11/h7-10,14H,3-6,17H2,1-2H3. The SMILES string of the molecule is CCCCC(CC)C(N)c1ccc(Cl)c(Cl)c1. The molecule has 0 aliphatic carbocycles. The Bertz CT molecular complexity index is 352. The van der Waals surface area contributed by atoms with Gasteiger partial charge in [0, 0.05) is 6.04 Å². The molecular weight excluding hydrogens is 253 g/mol. The first-order chi connectivity index (χ1) is 8.10. The van der Waals surface area contributed by atoms with Gasteiger partial charge in [-0.05, 0) is 30.0 Å². The fourth-order valence-corrected chi connectivity index (χ4v) is 2.40. The van der Waals surface area contributed by atoms with E-state index in [0.717, 1.165) is 12.0 Å². The molecule has 0 fully saturated rings. The van der Waals surface area contributed by atoms with Crippen LogP contribution in [-0.4, -0.2) is 0 Å². The molecule has 0 saturated carbocycles. The van der Waals surface area contributed by atoms with Crippen molar-refractivity contribution in [3.8, 4) is 0 Å². The van der Waals surface area contributed by atoms with Crippen LogP contribution in [0.25, 0.3) is 0 Å². The quantitative estimate of drug-likeness (QED) is 0.757. The van der Waals surface area contributed by atoms with Gasteiger partial charge in [-0.25, -0.2) is 0 Å². The summed E-state index contributed by atoms with van der Waals surface area (Å²) in [6.45, 7) is 4.40. The maximum atomic E-state index is 6.31. The average Bonchev–Trinajstić information content (AvgIpc) is 2.33. The van der Waals surface area contributed by atoms with Crippen molar-refractivity contribution < 1.29 is 0 Å². The molecule has 2 unspecified atom stereocenters. The fourth-order valence-electron chi connectivity index (χ4n) is 2.10. The predicted octanol–water partition coefficient (Wildman–Crippen LogP) is 5.21. The minimum absolute atomic E-state index is 0.0568. The van der Waals surface area contributed by atoms with Crippen molar-refractivity contribution in [1.29, 1.82) is 0 Å². The van der Waals surface area contributed by atoms with Gasteiger partial charge in [-0.2, -0.15) is 0 Å². The molecule has 0 bridgehead atoms. The predicted molar refractivity (Wildman–Crippen MR) is 76.7 cm³/mol. The summed E-state index contributed by atoms with van der Waals surface area (Å²) in [7, 11) is 0. The molecule has 0 heterocycles. The van der Waals surface area contributed by atoms with E-state index in [2.05, 4.69) is 13.8 Å². The van der Waals surface area contributed by atoms with Crippen LogP contribution in [0.4, 0.5) is 0 Å². The highest BCUT2D eigenvalue weighted by atomic mass is 35.5. The molecule has 1 aromatic rings. The first kappa shape index (κ1) is 14.8. The molecule has 0 radical (unpaired) electrons. The maximum Gasteiger partial charge on any atom is 0.0595 e. The summed E-state index contributed by atoms with van der Waals surface area (Å²) in [5.74, 6) is 0.521. The van der Waals surface area contributed by atoms with Crippen LogP contribution in [0.3, 0.4) is 0 Å². The molecule has 2 N–H and O–H groups in total. The van der Waals surface area contributed by atoms with Gasteiger partial charge in [-0.3, -0.25) is 0 Å². The number of unbranched alkanes of at least 4 members (excludes halogenated alkanes) is 1. The Morgan fingerprint density at radius 1 is 1.18 bits per heavy atom. The summed E-state index contributed by atoms with van der Waals surface area (Å²) in [5, 5.41) is 1.18. The Morgan fingerprint density at radius 3 is 2.41 bits per heavy atom. The zero-order chi connectivity index (χ0) is 12.8. The zero-order valence-corrected chi connectivity index (χ0v) is 12.1. The maximum absolute atomic E-state index is 6.31. The molecule has 1 aromatic carbocycles. The Hall–Kier alpha value is -0.240. The average molecular weight is 274 g/mol. The molecule has 1 nitrogen and oxygen atoms in total. The molecule has 1 rings (SSSR count). The van der Waals surface area contributed by atoms with Crippen molar-refractivity contribution in [3.05, 3.63) is 33.8 Å². The lowest BCUT2D eigenvalue weighted by Crippen LogP contribution is -2.21. The van der Waals surface area contributed by atoms with Gasteiger partial charge in [-0.15, -0.1) is 0 Å². The molecule has 96 valence electrons. The van der Waals surface area contributed by atoms with E-state index >= 15 is 0 Å². The van der Waals surface area contributed by atoms with E-state index in [1.54, 1.807) is 0 Å². The third kappa shape index (κ3) is 4.17. The van der Waals surface area contributed by atoms with E-state index in [1.807, 2.05) is 18.2 Å². The summed E-state index contributed by atoms with van der Waals surface area (Å²) in [4.78, 5) is 0. The fraction of sp³-hybridized carbons (Fsp3) is 0.571. The minimum atomic E-state index is 0.0568.